The summed E-state index contributed by atoms with van der Waals surface area (Å²) in [4.78, 5) is 12.0. The first-order valence-electron chi connectivity index (χ1n) is 5.68. The quantitative estimate of drug-likeness (QED) is 0.443. The van der Waals surface area contributed by atoms with E-state index in [9.17, 15) is 9.90 Å². The molecule has 4 nitrogen and oxygen atoms in total. The Kier molecular flexibility index (Phi) is 4.26. The fourth-order valence-corrected chi connectivity index (χ4v) is 2.30. The van der Waals surface area contributed by atoms with Gasteiger partial charge in [-0.15, -0.1) is 0 Å². The molecule has 0 saturated heterocycles. The lowest BCUT2D eigenvalue weighted by atomic mass is 10.1. The van der Waals surface area contributed by atoms with E-state index in [0.717, 1.165) is 3.57 Å². The number of carbonyl (C=O) groups is 1. The average molecular weight is 368 g/mol. The Morgan fingerprint density at radius 1 is 1.26 bits per heavy atom. The highest BCUT2D eigenvalue weighted by atomic mass is 127. The second-order valence-electron chi connectivity index (χ2n) is 4.05. The molecule has 5 heteroatoms. The van der Waals surface area contributed by atoms with Crippen LogP contribution in [0.25, 0.3) is 0 Å². The van der Waals surface area contributed by atoms with Crippen LogP contribution in [0.3, 0.4) is 0 Å². The van der Waals surface area contributed by atoms with Crippen LogP contribution in [0.15, 0.2) is 42.5 Å². The summed E-state index contributed by atoms with van der Waals surface area (Å²) < 4.78 is 0.884. The SMILES string of the molecule is Nc1ccc(O)c(CNC(=O)c2ccccc2I)c1. The summed E-state index contributed by atoms with van der Waals surface area (Å²) in [5.74, 6) is -0.0518. The molecule has 0 atom stereocenters. The predicted octanol–water partition coefficient (Wildman–Crippen LogP) is 2.51. The lowest BCUT2D eigenvalue weighted by Gasteiger charge is -2.09. The van der Waals surface area contributed by atoms with Crippen LogP contribution < -0.4 is 11.1 Å². The van der Waals surface area contributed by atoms with Crippen molar-refractivity contribution in [3.8, 4) is 5.75 Å². The third-order valence-corrected chi connectivity index (χ3v) is 3.60. The Balaban J connectivity index is 2.09. The van der Waals surface area contributed by atoms with Gasteiger partial charge in [0.15, 0.2) is 0 Å². The van der Waals surface area contributed by atoms with E-state index in [1.807, 2.05) is 18.2 Å². The Morgan fingerprint density at radius 3 is 2.74 bits per heavy atom. The molecule has 0 spiro atoms. The van der Waals surface area contributed by atoms with Gasteiger partial charge in [-0.2, -0.15) is 0 Å². The number of nitrogen functional groups attached to an aromatic ring is 1. The summed E-state index contributed by atoms with van der Waals surface area (Å²) in [7, 11) is 0. The van der Waals surface area contributed by atoms with E-state index in [1.54, 1.807) is 18.2 Å². The number of nitrogens with one attached hydrogen (secondary N) is 1. The number of benzene rings is 2. The first-order valence-corrected chi connectivity index (χ1v) is 6.76. The molecule has 0 saturated carbocycles. The van der Waals surface area contributed by atoms with Crippen LogP contribution in [-0.4, -0.2) is 11.0 Å². The summed E-state index contributed by atoms with van der Waals surface area (Å²) in [6.07, 6.45) is 0. The minimum absolute atomic E-state index is 0.122. The number of nitrogens with two attached hydrogens (primary N) is 1. The molecule has 2 aromatic carbocycles. The van der Waals surface area contributed by atoms with Gasteiger partial charge in [-0.1, -0.05) is 12.1 Å². The first kappa shape index (κ1) is 13.7. The van der Waals surface area contributed by atoms with Crippen LogP contribution >= 0.6 is 22.6 Å². The minimum atomic E-state index is -0.174. The van der Waals surface area contributed by atoms with Crippen molar-refractivity contribution in [1.29, 1.82) is 0 Å². The Labute approximate surface area is 124 Å². The van der Waals surface area contributed by atoms with E-state index in [4.69, 9.17) is 5.73 Å². The molecule has 0 radical (unpaired) electrons. The second kappa shape index (κ2) is 5.92. The maximum Gasteiger partial charge on any atom is 0.252 e. The molecule has 2 rings (SSSR count). The van der Waals surface area contributed by atoms with Crippen molar-refractivity contribution in [3.05, 3.63) is 57.2 Å². The highest BCUT2D eigenvalue weighted by molar-refractivity contribution is 14.1. The Morgan fingerprint density at radius 2 is 2.00 bits per heavy atom. The fraction of sp³-hybridized carbons (Fsp3) is 0.0714. The largest absolute Gasteiger partial charge is 0.508 e. The topological polar surface area (TPSA) is 75.3 Å². The minimum Gasteiger partial charge on any atom is -0.508 e. The fourth-order valence-electron chi connectivity index (χ4n) is 1.66. The van der Waals surface area contributed by atoms with E-state index in [-0.39, 0.29) is 18.2 Å². The molecule has 0 aliphatic rings. The van der Waals surface area contributed by atoms with Gasteiger partial charge in [-0.05, 0) is 52.9 Å². The molecule has 1 amide bonds. The van der Waals surface area contributed by atoms with Gasteiger partial charge >= 0.3 is 0 Å². The van der Waals surface area contributed by atoms with E-state index < -0.39 is 0 Å². The maximum absolute atomic E-state index is 12.0. The van der Waals surface area contributed by atoms with Crippen molar-refractivity contribution in [3.63, 3.8) is 0 Å². The van der Waals surface area contributed by atoms with Gasteiger partial charge < -0.3 is 16.2 Å². The third kappa shape index (κ3) is 3.37. The monoisotopic (exact) mass is 368 g/mol. The predicted molar refractivity (Wildman–Crippen MR) is 82.8 cm³/mol. The number of phenolic OH excluding ortho intramolecular Hbond substituents is 1. The van der Waals surface area contributed by atoms with Crippen molar-refractivity contribution in [2.24, 2.45) is 0 Å². The number of hydrogen-bond acceptors (Lipinski definition) is 3. The number of aromatic hydroxyl groups is 1. The normalized spacial score (nSPS) is 10.2. The molecule has 0 aliphatic carbocycles. The Hall–Kier alpha value is -1.76. The van der Waals surface area contributed by atoms with Gasteiger partial charge in [0.25, 0.3) is 5.91 Å². The number of carbonyl (C=O) groups excluding carboxylic acids is 1. The first-order chi connectivity index (χ1) is 9.08. The molecule has 0 aliphatic heterocycles. The molecular formula is C14H13IN2O2. The zero-order valence-corrected chi connectivity index (χ0v) is 12.2. The van der Waals surface area contributed by atoms with Crippen LogP contribution in [-0.2, 0) is 6.54 Å². The third-order valence-electron chi connectivity index (χ3n) is 2.66. The van der Waals surface area contributed by atoms with Crippen LogP contribution in [0.1, 0.15) is 15.9 Å². The summed E-state index contributed by atoms with van der Waals surface area (Å²) in [5.41, 5.74) is 7.41. The molecule has 19 heavy (non-hydrogen) atoms. The van der Waals surface area contributed by atoms with Gasteiger partial charge in [0.1, 0.15) is 5.75 Å². The van der Waals surface area contributed by atoms with Crippen LogP contribution in [0.4, 0.5) is 5.69 Å². The Bertz CT molecular complexity index is 614. The summed E-state index contributed by atoms with van der Waals surface area (Å²) in [5, 5.41) is 12.4. The number of rotatable bonds is 3. The van der Waals surface area contributed by atoms with Gasteiger partial charge in [0.2, 0.25) is 0 Å². The molecule has 0 fully saturated rings. The van der Waals surface area contributed by atoms with Crippen molar-refractivity contribution in [2.75, 3.05) is 5.73 Å². The van der Waals surface area contributed by atoms with Gasteiger partial charge in [-0.3, -0.25) is 4.79 Å². The number of halogens is 1. The molecule has 0 heterocycles. The molecule has 4 N–H and O–H groups in total. The van der Waals surface area contributed by atoms with Gasteiger partial charge in [0.05, 0.1) is 5.56 Å². The molecule has 0 unspecified atom stereocenters. The second-order valence-corrected chi connectivity index (χ2v) is 5.21. The zero-order valence-electron chi connectivity index (χ0n) is 10.1. The summed E-state index contributed by atoms with van der Waals surface area (Å²) >= 11 is 2.11. The standard InChI is InChI=1S/C14H13IN2O2/c15-12-4-2-1-3-11(12)14(19)17-8-9-7-10(16)5-6-13(9)18/h1-7,18H,8,16H2,(H,17,19). The summed E-state index contributed by atoms with van der Waals surface area (Å²) in [6, 6.07) is 12.1. The summed E-state index contributed by atoms with van der Waals surface area (Å²) in [6.45, 7) is 0.237. The number of anilines is 1. The average Bonchev–Trinajstić information content (AvgIpc) is 2.40. The molecule has 98 valence electrons. The van der Waals surface area contributed by atoms with Crippen molar-refractivity contribution in [1.82, 2.24) is 5.32 Å². The molecule has 0 bridgehead atoms. The maximum atomic E-state index is 12.0. The van der Waals surface area contributed by atoms with Crippen molar-refractivity contribution >= 4 is 34.2 Å². The molecule has 2 aromatic rings. The highest BCUT2D eigenvalue weighted by Gasteiger charge is 2.09. The van der Waals surface area contributed by atoms with E-state index in [2.05, 4.69) is 27.9 Å². The van der Waals surface area contributed by atoms with Crippen LogP contribution in [0.5, 0.6) is 5.75 Å². The van der Waals surface area contributed by atoms with Crippen LogP contribution in [0.2, 0.25) is 0 Å². The zero-order chi connectivity index (χ0) is 13.8. The number of phenols is 1. The lowest BCUT2D eigenvalue weighted by Crippen LogP contribution is -2.23. The van der Waals surface area contributed by atoms with Crippen molar-refractivity contribution in [2.45, 2.75) is 6.54 Å². The lowest BCUT2D eigenvalue weighted by molar-refractivity contribution is 0.0950. The number of hydrogen-bond donors (Lipinski definition) is 3. The highest BCUT2D eigenvalue weighted by Crippen LogP contribution is 2.19. The van der Waals surface area contributed by atoms with Crippen LogP contribution in [0, 0.1) is 3.57 Å². The van der Waals surface area contributed by atoms with Gasteiger partial charge in [0, 0.05) is 21.4 Å². The van der Waals surface area contributed by atoms with E-state index >= 15 is 0 Å². The van der Waals surface area contributed by atoms with Gasteiger partial charge in [-0.25, -0.2) is 0 Å². The molecule has 0 aromatic heterocycles. The van der Waals surface area contributed by atoms with E-state index in [1.165, 1.54) is 6.07 Å². The van der Waals surface area contributed by atoms with Crippen molar-refractivity contribution < 1.29 is 9.90 Å². The smallest absolute Gasteiger partial charge is 0.252 e. The molecular weight excluding hydrogens is 355 g/mol. The number of amides is 1. The van der Waals surface area contributed by atoms with E-state index in [0.29, 0.717) is 16.8 Å².